The predicted molar refractivity (Wildman–Crippen MR) is 77.2 cm³/mol. The number of nitrogens with zero attached hydrogens (tertiary/aromatic N) is 1. The third kappa shape index (κ3) is 2.36. The number of para-hydroxylation sites is 1. The first-order valence-corrected chi connectivity index (χ1v) is 6.18. The maximum absolute atomic E-state index is 9.75. The topological polar surface area (TPSA) is 45.1 Å². The summed E-state index contributed by atoms with van der Waals surface area (Å²) in [7, 11) is 0. The van der Waals surface area contributed by atoms with Crippen molar-refractivity contribution in [3.05, 3.63) is 66.5 Å². The third-order valence-electron chi connectivity index (χ3n) is 3.14. The lowest BCUT2D eigenvalue weighted by molar-refractivity contribution is 0.469. The molecule has 3 nitrogen and oxygen atoms in total. The average Bonchev–Trinajstić information content (AvgIpc) is 2.46. The SMILES string of the molecule is Oc1ccccc1CNc1cccc2ccncc12. The molecule has 1 aromatic heterocycles. The highest BCUT2D eigenvalue weighted by Crippen LogP contribution is 2.24. The van der Waals surface area contributed by atoms with E-state index in [4.69, 9.17) is 0 Å². The maximum atomic E-state index is 9.75. The highest BCUT2D eigenvalue weighted by atomic mass is 16.3. The summed E-state index contributed by atoms with van der Waals surface area (Å²) in [5.74, 6) is 0.313. The molecule has 0 unspecified atom stereocenters. The van der Waals surface area contributed by atoms with E-state index < -0.39 is 0 Å². The van der Waals surface area contributed by atoms with Crippen LogP contribution in [0.15, 0.2) is 60.9 Å². The Labute approximate surface area is 111 Å². The van der Waals surface area contributed by atoms with Gasteiger partial charge in [0.05, 0.1) is 0 Å². The zero-order chi connectivity index (χ0) is 13.1. The highest BCUT2D eigenvalue weighted by molar-refractivity contribution is 5.93. The van der Waals surface area contributed by atoms with Crippen molar-refractivity contribution >= 4 is 16.5 Å². The molecule has 0 saturated heterocycles. The minimum Gasteiger partial charge on any atom is -0.508 e. The van der Waals surface area contributed by atoms with Gasteiger partial charge in [0.2, 0.25) is 0 Å². The van der Waals surface area contributed by atoms with Crippen LogP contribution in [0, 0.1) is 0 Å². The van der Waals surface area contributed by atoms with Gasteiger partial charge in [-0.3, -0.25) is 4.98 Å². The number of phenols is 1. The minimum atomic E-state index is 0.313. The molecule has 0 saturated carbocycles. The summed E-state index contributed by atoms with van der Waals surface area (Å²) in [6, 6.07) is 15.4. The van der Waals surface area contributed by atoms with E-state index in [2.05, 4.69) is 16.4 Å². The largest absolute Gasteiger partial charge is 0.508 e. The molecule has 3 heteroatoms. The van der Waals surface area contributed by atoms with Crippen molar-refractivity contribution in [3.8, 4) is 5.75 Å². The quantitative estimate of drug-likeness (QED) is 0.747. The molecule has 19 heavy (non-hydrogen) atoms. The standard InChI is InChI=1S/C16H14N2O/c19-16-7-2-1-4-13(16)10-18-15-6-3-5-12-8-9-17-11-14(12)15/h1-9,11,18-19H,10H2. The van der Waals surface area contributed by atoms with E-state index >= 15 is 0 Å². The van der Waals surface area contributed by atoms with Gasteiger partial charge < -0.3 is 10.4 Å². The first-order chi connectivity index (χ1) is 9.34. The average molecular weight is 250 g/mol. The Morgan fingerprint density at radius 2 is 1.89 bits per heavy atom. The maximum Gasteiger partial charge on any atom is 0.120 e. The molecule has 0 spiro atoms. The Kier molecular flexibility index (Phi) is 3.02. The molecule has 0 aliphatic heterocycles. The number of anilines is 1. The molecule has 0 amide bonds. The van der Waals surface area contributed by atoms with Gasteiger partial charge in [-0.2, -0.15) is 0 Å². The Morgan fingerprint density at radius 3 is 2.79 bits per heavy atom. The predicted octanol–water partition coefficient (Wildman–Crippen LogP) is 3.55. The van der Waals surface area contributed by atoms with Gasteiger partial charge in [0.1, 0.15) is 5.75 Å². The summed E-state index contributed by atoms with van der Waals surface area (Å²) in [5.41, 5.74) is 1.90. The normalized spacial score (nSPS) is 10.5. The number of phenolic OH excluding ortho intramolecular Hbond substituents is 1. The second kappa shape index (κ2) is 4.98. The van der Waals surface area contributed by atoms with Crippen molar-refractivity contribution in [1.29, 1.82) is 0 Å². The van der Waals surface area contributed by atoms with Crippen LogP contribution in [0.1, 0.15) is 5.56 Å². The van der Waals surface area contributed by atoms with Gasteiger partial charge in [-0.25, -0.2) is 0 Å². The smallest absolute Gasteiger partial charge is 0.120 e. The number of nitrogens with one attached hydrogen (secondary N) is 1. The van der Waals surface area contributed by atoms with E-state index in [0.717, 1.165) is 22.0 Å². The second-order valence-electron chi connectivity index (χ2n) is 4.38. The van der Waals surface area contributed by atoms with Gasteiger partial charge in [0, 0.05) is 35.6 Å². The van der Waals surface area contributed by atoms with E-state index in [0.29, 0.717) is 12.3 Å². The fraction of sp³-hybridized carbons (Fsp3) is 0.0625. The lowest BCUT2D eigenvalue weighted by Crippen LogP contribution is -2.00. The Hall–Kier alpha value is -2.55. The van der Waals surface area contributed by atoms with Crippen molar-refractivity contribution in [2.24, 2.45) is 0 Å². The molecule has 0 atom stereocenters. The number of hydrogen-bond donors (Lipinski definition) is 2. The van der Waals surface area contributed by atoms with Gasteiger partial charge in [-0.1, -0.05) is 30.3 Å². The van der Waals surface area contributed by atoms with Crippen molar-refractivity contribution in [2.75, 3.05) is 5.32 Å². The van der Waals surface area contributed by atoms with Crippen LogP contribution in [0.2, 0.25) is 0 Å². The Balaban J connectivity index is 1.88. The van der Waals surface area contributed by atoms with Crippen LogP contribution in [0.3, 0.4) is 0 Å². The second-order valence-corrected chi connectivity index (χ2v) is 4.38. The summed E-state index contributed by atoms with van der Waals surface area (Å²) in [6.45, 7) is 0.584. The van der Waals surface area contributed by atoms with Crippen LogP contribution < -0.4 is 5.32 Å². The zero-order valence-electron chi connectivity index (χ0n) is 10.4. The first-order valence-electron chi connectivity index (χ1n) is 6.18. The summed E-state index contributed by atoms with van der Waals surface area (Å²) in [6.07, 6.45) is 3.64. The number of aromatic nitrogens is 1. The van der Waals surface area contributed by atoms with Gasteiger partial charge in [-0.15, -0.1) is 0 Å². The number of aromatic hydroxyl groups is 1. The fourth-order valence-electron chi connectivity index (χ4n) is 2.12. The van der Waals surface area contributed by atoms with Crippen LogP contribution in [-0.4, -0.2) is 10.1 Å². The van der Waals surface area contributed by atoms with Crippen LogP contribution in [0.5, 0.6) is 5.75 Å². The molecule has 0 bridgehead atoms. The molecule has 0 radical (unpaired) electrons. The molecule has 0 aliphatic carbocycles. The molecule has 0 fully saturated rings. The van der Waals surface area contributed by atoms with E-state index in [9.17, 15) is 5.11 Å². The monoisotopic (exact) mass is 250 g/mol. The van der Waals surface area contributed by atoms with Gasteiger partial charge in [0.25, 0.3) is 0 Å². The van der Waals surface area contributed by atoms with E-state index in [1.165, 1.54) is 0 Å². The van der Waals surface area contributed by atoms with Gasteiger partial charge >= 0.3 is 0 Å². The number of hydrogen-bond acceptors (Lipinski definition) is 3. The number of rotatable bonds is 3. The summed E-state index contributed by atoms with van der Waals surface area (Å²) < 4.78 is 0. The van der Waals surface area contributed by atoms with Gasteiger partial charge in [-0.05, 0) is 23.6 Å². The van der Waals surface area contributed by atoms with Crippen molar-refractivity contribution < 1.29 is 5.11 Å². The molecule has 1 heterocycles. The molecule has 2 aromatic carbocycles. The first kappa shape index (κ1) is 11.5. The van der Waals surface area contributed by atoms with Gasteiger partial charge in [0.15, 0.2) is 0 Å². The van der Waals surface area contributed by atoms with Crippen LogP contribution in [0.25, 0.3) is 10.8 Å². The van der Waals surface area contributed by atoms with Crippen molar-refractivity contribution in [2.45, 2.75) is 6.54 Å². The van der Waals surface area contributed by atoms with Crippen LogP contribution in [0.4, 0.5) is 5.69 Å². The van der Waals surface area contributed by atoms with Crippen molar-refractivity contribution in [1.82, 2.24) is 4.98 Å². The molecule has 2 N–H and O–H groups in total. The van der Waals surface area contributed by atoms with Crippen LogP contribution in [-0.2, 0) is 6.54 Å². The number of pyridine rings is 1. The summed E-state index contributed by atoms with van der Waals surface area (Å²) >= 11 is 0. The minimum absolute atomic E-state index is 0.313. The Morgan fingerprint density at radius 1 is 1.00 bits per heavy atom. The number of fused-ring (bicyclic) bond motifs is 1. The zero-order valence-corrected chi connectivity index (χ0v) is 10.4. The lowest BCUT2D eigenvalue weighted by Gasteiger charge is -2.10. The fourth-order valence-corrected chi connectivity index (χ4v) is 2.12. The molecular formula is C16H14N2O. The molecular weight excluding hydrogens is 236 g/mol. The molecule has 3 aromatic rings. The van der Waals surface area contributed by atoms with Crippen molar-refractivity contribution in [3.63, 3.8) is 0 Å². The summed E-state index contributed by atoms with van der Waals surface area (Å²) in [4.78, 5) is 4.16. The third-order valence-corrected chi connectivity index (χ3v) is 3.14. The van der Waals surface area contributed by atoms with E-state index in [1.807, 2.05) is 42.6 Å². The van der Waals surface area contributed by atoms with E-state index in [1.54, 1.807) is 12.3 Å². The lowest BCUT2D eigenvalue weighted by atomic mass is 10.1. The molecule has 3 rings (SSSR count). The number of benzene rings is 2. The van der Waals surface area contributed by atoms with Crippen LogP contribution >= 0.6 is 0 Å². The Bertz CT molecular complexity index is 704. The molecule has 94 valence electrons. The molecule has 0 aliphatic rings. The van der Waals surface area contributed by atoms with E-state index in [-0.39, 0.29) is 0 Å². The highest BCUT2D eigenvalue weighted by Gasteiger charge is 2.02. The summed E-state index contributed by atoms with van der Waals surface area (Å²) in [5, 5.41) is 15.3.